The molecule has 0 bridgehead atoms. The average molecular weight is 332 g/mol. The maximum atomic E-state index is 12.5. The number of nitrogens with zero attached hydrogens (tertiary/aromatic N) is 3. The lowest BCUT2D eigenvalue weighted by atomic mass is 10.1. The van der Waals surface area contributed by atoms with Gasteiger partial charge in [-0.2, -0.15) is 5.26 Å². The van der Waals surface area contributed by atoms with Gasteiger partial charge in [0.15, 0.2) is 0 Å². The maximum Gasteiger partial charge on any atom is 0.321 e. The molecule has 1 atom stereocenters. The van der Waals surface area contributed by atoms with Crippen molar-refractivity contribution >= 4 is 23.5 Å². The Hall–Kier alpha value is -1.71. The summed E-state index contributed by atoms with van der Waals surface area (Å²) in [7, 11) is 2.11. The summed E-state index contributed by atoms with van der Waals surface area (Å²) in [5.41, 5.74) is 1.28. The third-order valence-corrected chi connectivity index (χ3v) is 5.05. The summed E-state index contributed by atoms with van der Waals surface area (Å²) in [6, 6.07) is 7.43. The molecule has 6 heteroatoms. The fourth-order valence-corrected chi connectivity index (χ4v) is 3.34. The Kier molecular flexibility index (Phi) is 6.31. The number of rotatable bonds is 5. The molecule has 1 N–H and O–H groups in total. The first kappa shape index (κ1) is 17.6. The second-order valence-electron chi connectivity index (χ2n) is 5.91. The number of carbonyl (C=O) groups excluding carboxylic acids is 1. The third kappa shape index (κ3) is 4.63. The van der Waals surface area contributed by atoms with Gasteiger partial charge in [-0.25, -0.2) is 4.79 Å². The quantitative estimate of drug-likeness (QED) is 0.842. The van der Waals surface area contributed by atoms with E-state index >= 15 is 0 Å². The van der Waals surface area contributed by atoms with Gasteiger partial charge in [-0.3, -0.25) is 0 Å². The lowest BCUT2D eigenvalue weighted by molar-refractivity contribution is 0.218. The Bertz CT molecular complexity index is 599. The minimum Gasteiger partial charge on any atom is -0.324 e. The normalized spacial score (nSPS) is 17.3. The van der Waals surface area contributed by atoms with Gasteiger partial charge in [-0.1, -0.05) is 6.92 Å². The van der Waals surface area contributed by atoms with Gasteiger partial charge in [0.25, 0.3) is 0 Å². The maximum absolute atomic E-state index is 12.5. The van der Waals surface area contributed by atoms with Crippen molar-refractivity contribution in [2.75, 3.05) is 44.8 Å². The van der Waals surface area contributed by atoms with Crippen LogP contribution in [0.1, 0.15) is 18.9 Å². The fourth-order valence-electron chi connectivity index (χ4n) is 2.81. The number of carbonyl (C=O) groups is 1. The Morgan fingerprint density at radius 1 is 1.57 bits per heavy atom. The van der Waals surface area contributed by atoms with E-state index in [0.29, 0.717) is 11.5 Å². The van der Waals surface area contributed by atoms with Gasteiger partial charge in [-0.05, 0) is 50.4 Å². The van der Waals surface area contributed by atoms with Crippen molar-refractivity contribution in [3.8, 4) is 6.07 Å². The predicted molar refractivity (Wildman–Crippen MR) is 94.8 cm³/mol. The number of hydrogen-bond acceptors (Lipinski definition) is 4. The van der Waals surface area contributed by atoms with E-state index < -0.39 is 0 Å². The Morgan fingerprint density at radius 3 is 3.00 bits per heavy atom. The molecular formula is C17H24N4OS. The second kappa shape index (κ2) is 8.23. The number of benzene rings is 1. The topological polar surface area (TPSA) is 59.4 Å². The Balaban J connectivity index is 1.99. The zero-order chi connectivity index (χ0) is 16.8. The molecule has 1 aliphatic heterocycles. The molecular weight excluding hydrogens is 308 g/mol. The van der Waals surface area contributed by atoms with Gasteiger partial charge in [0.1, 0.15) is 0 Å². The summed E-state index contributed by atoms with van der Waals surface area (Å²) in [6.07, 6.45) is 3.01. The average Bonchev–Trinajstić information content (AvgIpc) is 3.03. The van der Waals surface area contributed by atoms with Crippen LogP contribution in [0, 0.1) is 17.2 Å². The fraction of sp³-hybridized carbons (Fsp3) is 0.529. The van der Waals surface area contributed by atoms with Crippen LogP contribution in [0.15, 0.2) is 23.1 Å². The lowest BCUT2D eigenvalue weighted by Gasteiger charge is -2.21. The molecule has 2 amide bonds. The summed E-state index contributed by atoms with van der Waals surface area (Å²) >= 11 is 1.56. The molecule has 0 aromatic heterocycles. The van der Waals surface area contributed by atoms with Crippen LogP contribution >= 0.6 is 11.8 Å². The van der Waals surface area contributed by atoms with Crippen LogP contribution < -0.4 is 5.32 Å². The van der Waals surface area contributed by atoms with Crippen LogP contribution in [0.4, 0.5) is 10.5 Å². The van der Waals surface area contributed by atoms with Crippen molar-refractivity contribution in [3.05, 3.63) is 23.8 Å². The molecule has 0 saturated carbocycles. The summed E-state index contributed by atoms with van der Waals surface area (Å²) in [4.78, 5) is 17.6. The second-order valence-corrected chi connectivity index (χ2v) is 6.76. The number of amides is 2. The highest BCUT2D eigenvalue weighted by atomic mass is 32.2. The van der Waals surface area contributed by atoms with Crippen LogP contribution in [-0.2, 0) is 0 Å². The van der Waals surface area contributed by atoms with Crippen molar-refractivity contribution in [2.24, 2.45) is 5.92 Å². The van der Waals surface area contributed by atoms with E-state index in [0.717, 1.165) is 43.2 Å². The highest BCUT2D eigenvalue weighted by molar-refractivity contribution is 7.98. The Morgan fingerprint density at radius 2 is 2.35 bits per heavy atom. The molecule has 1 aliphatic rings. The van der Waals surface area contributed by atoms with Crippen LogP contribution in [0.5, 0.6) is 0 Å². The first-order valence-electron chi connectivity index (χ1n) is 7.90. The monoisotopic (exact) mass is 332 g/mol. The molecule has 0 radical (unpaired) electrons. The molecule has 23 heavy (non-hydrogen) atoms. The van der Waals surface area contributed by atoms with Crippen molar-refractivity contribution in [1.29, 1.82) is 5.26 Å². The first-order valence-corrected chi connectivity index (χ1v) is 9.12. The number of thioether (sulfide) groups is 1. The van der Waals surface area contributed by atoms with Gasteiger partial charge in [-0.15, -0.1) is 11.8 Å². The van der Waals surface area contributed by atoms with E-state index in [4.69, 9.17) is 5.26 Å². The van der Waals surface area contributed by atoms with Crippen molar-refractivity contribution in [2.45, 2.75) is 18.2 Å². The SMILES string of the molecule is CCN(C)CC1CCN(C(=O)Nc2cc(C#N)ccc2SC)C1. The van der Waals surface area contributed by atoms with Crippen LogP contribution in [0.25, 0.3) is 0 Å². The number of hydrogen-bond donors (Lipinski definition) is 1. The molecule has 124 valence electrons. The molecule has 1 aromatic rings. The molecule has 2 rings (SSSR count). The van der Waals surface area contributed by atoms with E-state index in [1.54, 1.807) is 23.9 Å². The molecule has 1 fully saturated rings. The summed E-state index contributed by atoms with van der Waals surface area (Å²) in [6.45, 7) is 5.79. The number of nitrogens with one attached hydrogen (secondary N) is 1. The van der Waals surface area contributed by atoms with Gasteiger partial charge in [0.2, 0.25) is 0 Å². The highest BCUT2D eigenvalue weighted by Gasteiger charge is 2.27. The molecule has 1 unspecified atom stereocenters. The van der Waals surface area contributed by atoms with E-state index in [9.17, 15) is 4.79 Å². The summed E-state index contributed by atoms with van der Waals surface area (Å²) in [5.74, 6) is 0.538. The molecule has 0 spiro atoms. The van der Waals surface area contributed by atoms with Gasteiger partial charge in [0, 0.05) is 24.5 Å². The standard InChI is InChI=1S/C17H24N4OS/c1-4-20(2)11-14-7-8-21(12-14)17(22)19-15-9-13(10-18)5-6-16(15)23-3/h5-6,9,14H,4,7-8,11-12H2,1-3H3,(H,19,22). The van der Waals surface area contributed by atoms with Crippen molar-refractivity contribution < 1.29 is 4.79 Å². The van der Waals surface area contributed by atoms with Crippen molar-refractivity contribution in [1.82, 2.24) is 9.80 Å². The van der Waals surface area contributed by atoms with E-state index in [1.807, 2.05) is 17.2 Å². The zero-order valence-electron chi connectivity index (χ0n) is 14.0. The first-order chi connectivity index (χ1) is 11.1. The van der Waals surface area contributed by atoms with Crippen LogP contribution in [0.3, 0.4) is 0 Å². The Labute approximate surface area is 142 Å². The predicted octanol–water partition coefficient (Wildman–Crippen LogP) is 3.09. The van der Waals surface area contributed by atoms with Crippen LogP contribution in [-0.4, -0.2) is 55.3 Å². The zero-order valence-corrected chi connectivity index (χ0v) is 14.8. The summed E-state index contributed by atoms with van der Waals surface area (Å²) in [5, 5.41) is 12.0. The molecule has 1 saturated heterocycles. The third-order valence-electron chi connectivity index (χ3n) is 4.25. The van der Waals surface area contributed by atoms with E-state index in [-0.39, 0.29) is 6.03 Å². The smallest absolute Gasteiger partial charge is 0.321 e. The number of anilines is 1. The van der Waals surface area contributed by atoms with Gasteiger partial charge in [0.05, 0.1) is 17.3 Å². The number of likely N-dealkylation sites (tertiary alicyclic amines) is 1. The summed E-state index contributed by atoms with van der Waals surface area (Å²) < 4.78 is 0. The largest absolute Gasteiger partial charge is 0.324 e. The van der Waals surface area contributed by atoms with Gasteiger partial charge < -0.3 is 15.1 Å². The minimum atomic E-state index is -0.0722. The molecule has 5 nitrogen and oxygen atoms in total. The van der Waals surface area contributed by atoms with E-state index in [2.05, 4.69) is 30.3 Å². The molecule has 0 aliphatic carbocycles. The molecule has 1 aromatic carbocycles. The lowest BCUT2D eigenvalue weighted by Crippen LogP contribution is -2.34. The van der Waals surface area contributed by atoms with Crippen molar-refractivity contribution in [3.63, 3.8) is 0 Å². The van der Waals surface area contributed by atoms with E-state index in [1.165, 1.54) is 0 Å². The van der Waals surface area contributed by atoms with Gasteiger partial charge >= 0.3 is 6.03 Å². The number of nitriles is 1. The highest BCUT2D eigenvalue weighted by Crippen LogP contribution is 2.27. The minimum absolute atomic E-state index is 0.0722. The molecule has 1 heterocycles. The van der Waals surface area contributed by atoms with Crippen LogP contribution in [0.2, 0.25) is 0 Å². The number of urea groups is 1.